The Morgan fingerprint density at radius 3 is 2.38 bits per heavy atom. The molecule has 0 saturated heterocycles. The summed E-state index contributed by atoms with van der Waals surface area (Å²) in [6, 6.07) is 13.7. The van der Waals surface area contributed by atoms with Crippen molar-refractivity contribution < 1.29 is 19.3 Å². The lowest BCUT2D eigenvalue weighted by molar-refractivity contribution is 0.105. The maximum Gasteiger partial charge on any atom is 0.123 e. The number of methoxy groups -OCH3 is 2. The van der Waals surface area contributed by atoms with Crippen molar-refractivity contribution >= 4 is 12.4 Å². The number of aliphatic hydroxyl groups is 1. The lowest BCUT2D eigenvalue weighted by Gasteiger charge is -2.24. The predicted molar refractivity (Wildman–Crippen MR) is 120 cm³/mol. The zero-order chi connectivity index (χ0) is 20.6. The van der Waals surface area contributed by atoms with Gasteiger partial charge in [0.25, 0.3) is 0 Å². The molecule has 0 saturated carbocycles. The fourth-order valence-corrected chi connectivity index (χ4v) is 2.99. The molecule has 0 spiro atoms. The first-order chi connectivity index (χ1) is 13.3. The lowest BCUT2D eigenvalue weighted by Crippen LogP contribution is -2.32. The van der Waals surface area contributed by atoms with E-state index in [0.717, 1.165) is 41.3 Å². The van der Waals surface area contributed by atoms with Crippen molar-refractivity contribution in [3.05, 3.63) is 53.6 Å². The number of aliphatic hydroxyl groups excluding tert-OH is 1. The van der Waals surface area contributed by atoms with Gasteiger partial charge in [-0.05, 0) is 48.2 Å². The van der Waals surface area contributed by atoms with E-state index < -0.39 is 6.10 Å². The highest BCUT2D eigenvalue weighted by molar-refractivity contribution is 5.85. The third kappa shape index (κ3) is 7.77. The molecule has 29 heavy (non-hydrogen) atoms. The summed E-state index contributed by atoms with van der Waals surface area (Å²) in [5.41, 5.74) is 2.13. The average molecular weight is 424 g/mol. The molecule has 1 atom stereocenters. The van der Waals surface area contributed by atoms with Crippen LogP contribution in [0.15, 0.2) is 42.5 Å². The van der Waals surface area contributed by atoms with E-state index in [2.05, 4.69) is 32.2 Å². The van der Waals surface area contributed by atoms with Gasteiger partial charge in [0.05, 0.1) is 14.2 Å². The van der Waals surface area contributed by atoms with E-state index in [4.69, 9.17) is 14.2 Å². The first-order valence-electron chi connectivity index (χ1n) is 9.67. The molecule has 6 heteroatoms. The van der Waals surface area contributed by atoms with E-state index in [0.29, 0.717) is 6.54 Å². The number of ether oxygens (including phenoxy) is 3. The molecule has 0 aliphatic carbocycles. The third-order valence-corrected chi connectivity index (χ3v) is 4.57. The predicted octanol–water partition coefficient (Wildman–Crippen LogP) is 4.00. The molecule has 0 aromatic heterocycles. The van der Waals surface area contributed by atoms with E-state index in [9.17, 15) is 5.11 Å². The Kier molecular flexibility index (Phi) is 10.3. The van der Waals surface area contributed by atoms with Crippen LogP contribution in [0.4, 0.5) is 0 Å². The summed E-state index contributed by atoms with van der Waals surface area (Å²) in [6.45, 7) is 7.85. The van der Waals surface area contributed by atoms with Crippen LogP contribution in [0.3, 0.4) is 0 Å². The van der Waals surface area contributed by atoms with Crippen LogP contribution >= 0.6 is 12.4 Å². The molecule has 162 valence electrons. The van der Waals surface area contributed by atoms with E-state index in [1.807, 2.05) is 36.4 Å². The van der Waals surface area contributed by atoms with Gasteiger partial charge in [-0.3, -0.25) is 0 Å². The zero-order valence-electron chi connectivity index (χ0n) is 18.0. The van der Waals surface area contributed by atoms with Crippen LogP contribution < -0.4 is 19.5 Å². The minimum absolute atomic E-state index is 0. The Bertz CT molecular complexity index is 746. The molecule has 0 bridgehead atoms. The summed E-state index contributed by atoms with van der Waals surface area (Å²) < 4.78 is 16.6. The molecule has 5 nitrogen and oxygen atoms in total. The second kappa shape index (κ2) is 11.9. The highest BCUT2D eigenvalue weighted by Gasteiger charge is 2.20. The second-order valence-electron chi connectivity index (χ2n) is 7.84. The van der Waals surface area contributed by atoms with Gasteiger partial charge in [-0.15, -0.1) is 12.4 Å². The smallest absolute Gasteiger partial charge is 0.123 e. The molecule has 2 rings (SSSR count). The number of hydrogen-bond donors (Lipinski definition) is 2. The van der Waals surface area contributed by atoms with Gasteiger partial charge in [0.15, 0.2) is 0 Å². The second-order valence-corrected chi connectivity index (χ2v) is 7.84. The largest absolute Gasteiger partial charge is 0.497 e. The van der Waals surface area contributed by atoms with Gasteiger partial charge >= 0.3 is 0 Å². The molecule has 0 heterocycles. The monoisotopic (exact) mass is 423 g/mol. The van der Waals surface area contributed by atoms with E-state index in [-0.39, 0.29) is 24.4 Å². The number of nitrogens with one attached hydrogen (secondary N) is 1. The van der Waals surface area contributed by atoms with Crippen molar-refractivity contribution in [1.29, 1.82) is 0 Å². The number of halogens is 1. The van der Waals surface area contributed by atoms with E-state index >= 15 is 0 Å². The van der Waals surface area contributed by atoms with Crippen LogP contribution in [0, 0.1) is 0 Å². The van der Waals surface area contributed by atoms with Gasteiger partial charge in [0, 0.05) is 12.1 Å². The minimum atomic E-state index is -0.590. The molecule has 2 aromatic rings. The van der Waals surface area contributed by atoms with Gasteiger partial charge in [-0.1, -0.05) is 39.0 Å². The van der Waals surface area contributed by atoms with E-state index in [1.54, 1.807) is 14.2 Å². The number of hydrogen-bond acceptors (Lipinski definition) is 5. The molecular weight excluding hydrogens is 390 g/mol. The van der Waals surface area contributed by atoms with Crippen molar-refractivity contribution in [2.45, 2.75) is 38.7 Å². The summed E-state index contributed by atoms with van der Waals surface area (Å²) in [4.78, 5) is 0. The Morgan fingerprint density at radius 1 is 1.00 bits per heavy atom. The number of benzene rings is 2. The molecule has 0 radical (unpaired) electrons. The Labute approximate surface area is 180 Å². The maximum absolute atomic E-state index is 10.3. The third-order valence-electron chi connectivity index (χ3n) is 4.57. The molecule has 2 N–H and O–H groups in total. The summed E-state index contributed by atoms with van der Waals surface area (Å²) >= 11 is 0. The van der Waals surface area contributed by atoms with Crippen LogP contribution in [0.2, 0.25) is 0 Å². The summed E-state index contributed by atoms with van der Waals surface area (Å²) in [6.07, 6.45) is 0.247. The van der Waals surface area contributed by atoms with Crippen LogP contribution in [0.1, 0.15) is 31.9 Å². The Balaban J connectivity index is 0.00000420. The van der Waals surface area contributed by atoms with Crippen molar-refractivity contribution in [2.24, 2.45) is 0 Å². The van der Waals surface area contributed by atoms with E-state index in [1.165, 1.54) is 0 Å². The van der Waals surface area contributed by atoms with Crippen LogP contribution in [0.5, 0.6) is 17.2 Å². The number of rotatable bonds is 10. The highest BCUT2D eigenvalue weighted by atomic mass is 35.5. The topological polar surface area (TPSA) is 60.0 Å². The molecular formula is C23H34ClNO4. The first-order valence-corrected chi connectivity index (χ1v) is 9.67. The Morgan fingerprint density at radius 2 is 1.72 bits per heavy atom. The van der Waals surface area contributed by atoms with Gasteiger partial charge in [-0.25, -0.2) is 0 Å². The quantitative estimate of drug-likeness (QED) is 0.566. The first kappa shape index (κ1) is 25.1. The fraction of sp³-hybridized carbons (Fsp3) is 0.478. The van der Waals surface area contributed by atoms with Crippen molar-refractivity contribution in [3.8, 4) is 17.2 Å². The zero-order valence-corrected chi connectivity index (χ0v) is 18.8. The lowest BCUT2D eigenvalue weighted by atomic mass is 9.86. The Hall–Kier alpha value is -1.95. The van der Waals surface area contributed by atoms with Gasteiger partial charge in [0.1, 0.15) is 30.0 Å². The normalized spacial score (nSPS) is 12.1. The molecule has 0 fully saturated rings. The minimum Gasteiger partial charge on any atom is -0.497 e. The molecule has 1 unspecified atom stereocenters. The highest BCUT2D eigenvalue weighted by Crippen LogP contribution is 2.34. The van der Waals surface area contributed by atoms with Crippen molar-refractivity contribution in [2.75, 3.05) is 33.9 Å². The van der Waals surface area contributed by atoms with Crippen LogP contribution in [-0.2, 0) is 11.8 Å². The molecule has 2 aromatic carbocycles. The fourth-order valence-electron chi connectivity index (χ4n) is 2.99. The SMILES string of the molecule is COc1ccc(OCC(O)CNCCc2ccccc2OC)c(C(C)(C)C)c1.Cl. The molecule has 0 aliphatic rings. The van der Waals surface area contributed by atoms with Gasteiger partial charge < -0.3 is 24.6 Å². The summed E-state index contributed by atoms with van der Waals surface area (Å²) in [7, 11) is 3.33. The van der Waals surface area contributed by atoms with Crippen molar-refractivity contribution in [3.63, 3.8) is 0 Å². The molecule has 0 aliphatic heterocycles. The van der Waals surface area contributed by atoms with Gasteiger partial charge in [0.2, 0.25) is 0 Å². The summed E-state index contributed by atoms with van der Waals surface area (Å²) in [5.74, 6) is 2.47. The maximum atomic E-state index is 10.3. The summed E-state index contributed by atoms with van der Waals surface area (Å²) in [5, 5.41) is 13.5. The van der Waals surface area contributed by atoms with Crippen LogP contribution in [-0.4, -0.2) is 45.1 Å². The standard InChI is InChI=1S/C23H33NO4.ClH/c1-23(2,3)20-14-19(26-4)10-11-22(20)28-16-18(25)15-24-13-12-17-8-6-7-9-21(17)27-5;/h6-11,14,18,24-25H,12-13,15-16H2,1-5H3;1H. The van der Waals surface area contributed by atoms with Crippen LogP contribution in [0.25, 0.3) is 0 Å². The van der Waals surface area contributed by atoms with Gasteiger partial charge in [-0.2, -0.15) is 0 Å². The molecule has 0 amide bonds. The number of para-hydroxylation sites is 1. The average Bonchev–Trinajstić information content (AvgIpc) is 2.69. The van der Waals surface area contributed by atoms with Crippen molar-refractivity contribution in [1.82, 2.24) is 5.32 Å².